The van der Waals surface area contributed by atoms with Gasteiger partial charge in [0.2, 0.25) is 0 Å². The van der Waals surface area contributed by atoms with Crippen LogP contribution in [0.25, 0.3) is 0 Å². The molecule has 0 aliphatic carbocycles. The molecular formula is C17H24O. The van der Waals surface area contributed by atoms with E-state index in [1.54, 1.807) is 0 Å². The van der Waals surface area contributed by atoms with Crippen molar-refractivity contribution < 1.29 is 5.11 Å². The van der Waals surface area contributed by atoms with Crippen molar-refractivity contribution >= 4 is 0 Å². The van der Waals surface area contributed by atoms with Crippen LogP contribution >= 0.6 is 0 Å². The third kappa shape index (κ3) is 4.55. The number of benzene rings is 1. The highest BCUT2D eigenvalue weighted by Gasteiger charge is 2.28. The average molecular weight is 244 g/mol. The lowest BCUT2D eigenvalue weighted by Crippen LogP contribution is -2.26. The van der Waals surface area contributed by atoms with Gasteiger partial charge in [-0.25, -0.2) is 0 Å². The smallest absolute Gasteiger partial charge is 0.151 e. The monoisotopic (exact) mass is 244 g/mol. The summed E-state index contributed by atoms with van der Waals surface area (Å²) >= 11 is 0. The summed E-state index contributed by atoms with van der Waals surface area (Å²) < 4.78 is 0. The van der Waals surface area contributed by atoms with Gasteiger partial charge in [0.05, 0.1) is 0 Å². The van der Waals surface area contributed by atoms with Crippen molar-refractivity contribution in [2.45, 2.75) is 46.6 Å². The zero-order valence-electron chi connectivity index (χ0n) is 12.1. The molecule has 0 spiro atoms. The molecule has 0 saturated heterocycles. The van der Waals surface area contributed by atoms with Gasteiger partial charge in [-0.1, -0.05) is 56.0 Å². The van der Waals surface area contributed by atoms with Crippen LogP contribution in [-0.2, 0) is 5.60 Å². The Morgan fingerprint density at radius 2 is 1.61 bits per heavy atom. The second-order valence-corrected chi connectivity index (χ2v) is 6.32. The topological polar surface area (TPSA) is 20.2 Å². The molecule has 0 heterocycles. The van der Waals surface area contributed by atoms with Crippen molar-refractivity contribution in [1.29, 1.82) is 0 Å². The van der Waals surface area contributed by atoms with E-state index in [1.165, 1.54) is 0 Å². The molecule has 1 heteroatoms. The molecule has 1 aromatic carbocycles. The lowest BCUT2D eigenvalue weighted by Gasteiger charge is -2.25. The molecule has 0 amide bonds. The third-order valence-electron chi connectivity index (χ3n) is 2.60. The maximum atomic E-state index is 10.8. The normalized spacial score (nSPS) is 14.8. The van der Waals surface area contributed by atoms with Gasteiger partial charge < -0.3 is 5.11 Å². The Bertz CT molecular complexity index is 428. The fourth-order valence-electron chi connectivity index (χ4n) is 1.84. The van der Waals surface area contributed by atoms with Crippen LogP contribution in [0.2, 0.25) is 0 Å². The first kappa shape index (κ1) is 14.8. The summed E-state index contributed by atoms with van der Waals surface area (Å²) in [4.78, 5) is 0. The van der Waals surface area contributed by atoms with Crippen molar-refractivity contribution in [3.8, 4) is 11.8 Å². The second kappa shape index (κ2) is 5.59. The molecule has 1 rings (SSSR count). The highest BCUT2D eigenvalue weighted by Crippen LogP contribution is 2.28. The van der Waals surface area contributed by atoms with E-state index < -0.39 is 5.60 Å². The molecule has 0 aliphatic heterocycles. The fourth-order valence-corrected chi connectivity index (χ4v) is 1.84. The molecule has 1 unspecified atom stereocenters. The van der Waals surface area contributed by atoms with Crippen LogP contribution in [0.15, 0.2) is 30.3 Å². The van der Waals surface area contributed by atoms with Crippen molar-refractivity contribution in [2.24, 2.45) is 11.3 Å². The van der Waals surface area contributed by atoms with Crippen LogP contribution in [0.3, 0.4) is 0 Å². The van der Waals surface area contributed by atoms with Crippen molar-refractivity contribution in [1.82, 2.24) is 0 Å². The van der Waals surface area contributed by atoms with E-state index in [-0.39, 0.29) is 5.41 Å². The lowest BCUT2D eigenvalue weighted by molar-refractivity contribution is 0.0756. The average Bonchev–Trinajstić information content (AvgIpc) is 2.26. The minimum Gasteiger partial charge on any atom is -0.373 e. The Morgan fingerprint density at radius 3 is 2.06 bits per heavy atom. The van der Waals surface area contributed by atoms with Gasteiger partial charge in [0.25, 0.3) is 0 Å². The summed E-state index contributed by atoms with van der Waals surface area (Å²) in [6.45, 7) is 10.4. The predicted octanol–water partition coefficient (Wildman–Crippen LogP) is 3.97. The van der Waals surface area contributed by atoms with E-state index in [0.29, 0.717) is 12.3 Å². The molecule has 1 nitrogen and oxygen atoms in total. The van der Waals surface area contributed by atoms with Gasteiger partial charge in [0.15, 0.2) is 5.60 Å². The minimum atomic E-state index is -1.04. The molecule has 0 radical (unpaired) electrons. The molecule has 1 N–H and O–H groups in total. The molecule has 1 atom stereocenters. The minimum absolute atomic E-state index is 0.0975. The zero-order valence-corrected chi connectivity index (χ0v) is 12.1. The van der Waals surface area contributed by atoms with Gasteiger partial charge in [-0.05, 0) is 38.7 Å². The van der Waals surface area contributed by atoms with E-state index in [2.05, 4.69) is 46.5 Å². The quantitative estimate of drug-likeness (QED) is 0.798. The Morgan fingerprint density at radius 1 is 1.06 bits per heavy atom. The van der Waals surface area contributed by atoms with Gasteiger partial charge in [-0.2, -0.15) is 0 Å². The first-order valence-corrected chi connectivity index (χ1v) is 6.55. The lowest BCUT2D eigenvalue weighted by atomic mass is 9.84. The molecule has 0 fully saturated rings. The molecule has 98 valence electrons. The van der Waals surface area contributed by atoms with Gasteiger partial charge in [0.1, 0.15) is 0 Å². The van der Waals surface area contributed by atoms with Crippen molar-refractivity contribution in [2.75, 3.05) is 0 Å². The van der Waals surface area contributed by atoms with Crippen LogP contribution in [0.4, 0.5) is 0 Å². The first-order valence-electron chi connectivity index (χ1n) is 6.55. The van der Waals surface area contributed by atoms with Crippen LogP contribution in [-0.4, -0.2) is 5.11 Å². The van der Waals surface area contributed by atoms with Crippen molar-refractivity contribution in [3.05, 3.63) is 35.9 Å². The van der Waals surface area contributed by atoms with Crippen LogP contribution < -0.4 is 0 Å². The largest absolute Gasteiger partial charge is 0.373 e. The summed E-state index contributed by atoms with van der Waals surface area (Å²) in [6, 6.07) is 9.73. The third-order valence-corrected chi connectivity index (χ3v) is 2.60. The molecular weight excluding hydrogens is 220 g/mol. The molecule has 18 heavy (non-hydrogen) atoms. The molecule has 0 bridgehead atoms. The van der Waals surface area contributed by atoms with E-state index in [1.807, 2.05) is 30.3 Å². The van der Waals surface area contributed by atoms with Crippen LogP contribution in [0.1, 0.15) is 46.6 Å². The summed E-state index contributed by atoms with van der Waals surface area (Å²) in [6.07, 6.45) is 0.653. The maximum Gasteiger partial charge on any atom is 0.151 e. The van der Waals surface area contributed by atoms with Gasteiger partial charge in [-0.15, -0.1) is 0 Å². The summed E-state index contributed by atoms with van der Waals surface area (Å²) in [5.41, 5.74) is -0.252. The number of aliphatic hydroxyl groups is 1. The highest BCUT2D eigenvalue weighted by molar-refractivity contribution is 5.32. The highest BCUT2D eigenvalue weighted by atomic mass is 16.3. The van der Waals surface area contributed by atoms with E-state index >= 15 is 0 Å². The van der Waals surface area contributed by atoms with Crippen molar-refractivity contribution in [3.63, 3.8) is 0 Å². The molecule has 1 aromatic rings. The second-order valence-electron chi connectivity index (χ2n) is 6.32. The molecule has 0 saturated carbocycles. The molecule has 0 aliphatic rings. The number of hydrogen-bond acceptors (Lipinski definition) is 1. The number of hydrogen-bond donors (Lipinski definition) is 1. The van der Waals surface area contributed by atoms with E-state index in [9.17, 15) is 5.11 Å². The number of rotatable bonds is 3. The van der Waals surface area contributed by atoms with E-state index in [0.717, 1.165) is 5.56 Å². The predicted molar refractivity (Wildman–Crippen MR) is 77.0 cm³/mol. The Kier molecular flexibility index (Phi) is 4.59. The Labute approximate surface area is 111 Å². The Balaban J connectivity index is 3.14. The zero-order chi connectivity index (χ0) is 13.8. The SMILES string of the molecule is CC(C)CC(O)(C#CC(C)(C)C)c1ccccc1. The van der Waals surface area contributed by atoms with Crippen LogP contribution in [0.5, 0.6) is 0 Å². The summed E-state index contributed by atoms with van der Waals surface area (Å²) in [5, 5.41) is 10.8. The van der Waals surface area contributed by atoms with Gasteiger partial charge in [-0.3, -0.25) is 0 Å². The van der Waals surface area contributed by atoms with Gasteiger partial charge >= 0.3 is 0 Å². The Hall–Kier alpha value is -1.26. The van der Waals surface area contributed by atoms with E-state index in [4.69, 9.17) is 0 Å². The van der Waals surface area contributed by atoms with Crippen LogP contribution in [0, 0.1) is 23.2 Å². The fraction of sp³-hybridized carbons (Fsp3) is 0.529. The molecule has 0 aromatic heterocycles. The summed E-state index contributed by atoms with van der Waals surface area (Å²) in [5.74, 6) is 6.65. The maximum absolute atomic E-state index is 10.8. The first-order chi connectivity index (χ1) is 8.23. The standard InChI is InChI=1S/C17H24O/c1-14(2)13-17(18,12-11-16(3,4)5)15-9-7-6-8-10-15/h6-10,14,18H,13H2,1-5H3. The van der Waals surface area contributed by atoms with Gasteiger partial charge in [0, 0.05) is 5.41 Å². The summed E-state index contributed by atoms with van der Waals surface area (Å²) in [7, 11) is 0.